The van der Waals surface area contributed by atoms with E-state index in [2.05, 4.69) is 9.88 Å². The molecule has 4 rings (SSSR count). The van der Waals surface area contributed by atoms with Gasteiger partial charge in [-0.2, -0.15) is 0 Å². The second-order valence-corrected chi connectivity index (χ2v) is 5.37. The molecule has 0 N–H and O–H groups in total. The zero-order valence-electron chi connectivity index (χ0n) is 11.2. The van der Waals surface area contributed by atoms with Gasteiger partial charge in [0.1, 0.15) is 23.5 Å². The lowest BCUT2D eigenvalue weighted by molar-refractivity contribution is 0.0255. The summed E-state index contributed by atoms with van der Waals surface area (Å²) >= 11 is 0. The van der Waals surface area contributed by atoms with Crippen LogP contribution in [0.15, 0.2) is 35.1 Å². The van der Waals surface area contributed by atoms with Crippen LogP contribution in [0.25, 0.3) is 0 Å². The number of morpholine rings is 1. The third kappa shape index (κ3) is 2.29. The SMILES string of the molecule is c1coc(C2CN(c3ccnc(C4CC4)n3)CCO2)c1. The van der Waals surface area contributed by atoms with E-state index in [0.29, 0.717) is 12.5 Å². The van der Waals surface area contributed by atoms with Crippen molar-refractivity contribution >= 4 is 5.82 Å². The molecule has 5 nitrogen and oxygen atoms in total. The van der Waals surface area contributed by atoms with Gasteiger partial charge in [-0.15, -0.1) is 0 Å². The van der Waals surface area contributed by atoms with Gasteiger partial charge in [-0.05, 0) is 31.0 Å². The molecule has 0 radical (unpaired) electrons. The van der Waals surface area contributed by atoms with Crippen molar-refractivity contribution in [2.75, 3.05) is 24.6 Å². The molecule has 0 bridgehead atoms. The van der Waals surface area contributed by atoms with Crippen molar-refractivity contribution in [2.24, 2.45) is 0 Å². The Morgan fingerprint density at radius 3 is 3.00 bits per heavy atom. The molecule has 5 heteroatoms. The van der Waals surface area contributed by atoms with E-state index in [1.54, 1.807) is 6.26 Å². The van der Waals surface area contributed by atoms with Crippen LogP contribution >= 0.6 is 0 Å². The van der Waals surface area contributed by atoms with Gasteiger partial charge >= 0.3 is 0 Å². The summed E-state index contributed by atoms with van der Waals surface area (Å²) in [6.45, 7) is 2.32. The number of furan rings is 1. The molecule has 1 aliphatic heterocycles. The highest BCUT2D eigenvalue weighted by Crippen LogP contribution is 2.38. The van der Waals surface area contributed by atoms with Crippen LogP contribution in [0.1, 0.15) is 36.4 Å². The quantitative estimate of drug-likeness (QED) is 0.858. The molecule has 1 saturated carbocycles. The zero-order valence-corrected chi connectivity index (χ0v) is 11.2. The molecule has 1 saturated heterocycles. The fourth-order valence-corrected chi connectivity index (χ4v) is 2.58. The van der Waals surface area contributed by atoms with Crippen LogP contribution in [0.5, 0.6) is 0 Å². The third-order valence-corrected chi connectivity index (χ3v) is 3.85. The number of aromatic nitrogens is 2. The van der Waals surface area contributed by atoms with Crippen LogP contribution < -0.4 is 4.90 Å². The summed E-state index contributed by atoms with van der Waals surface area (Å²) in [7, 11) is 0. The summed E-state index contributed by atoms with van der Waals surface area (Å²) in [5.74, 6) is 3.45. The summed E-state index contributed by atoms with van der Waals surface area (Å²) in [5.41, 5.74) is 0. The van der Waals surface area contributed by atoms with E-state index in [0.717, 1.165) is 30.5 Å². The van der Waals surface area contributed by atoms with Gasteiger partial charge in [-0.25, -0.2) is 9.97 Å². The lowest BCUT2D eigenvalue weighted by atomic mass is 10.2. The molecule has 1 atom stereocenters. The fourth-order valence-electron chi connectivity index (χ4n) is 2.58. The normalized spacial score (nSPS) is 23.0. The first-order valence-electron chi connectivity index (χ1n) is 7.13. The largest absolute Gasteiger partial charge is 0.467 e. The smallest absolute Gasteiger partial charge is 0.134 e. The zero-order chi connectivity index (χ0) is 13.4. The molecule has 2 fully saturated rings. The molecule has 2 aromatic heterocycles. The Balaban J connectivity index is 1.54. The van der Waals surface area contributed by atoms with E-state index in [1.807, 2.05) is 24.4 Å². The second-order valence-electron chi connectivity index (χ2n) is 5.37. The van der Waals surface area contributed by atoms with Crippen LogP contribution in [0.2, 0.25) is 0 Å². The van der Waals surface area contributed by atoms with Crippen molar-refractivity contribution in [1.82, 2.24) is 9.97 Å². The predicted molar refractivity (Wildman–Crippen MR) is 73.6 cm³/mol. The molecule has 104 valence electrons. The first-order chi connectivity index (χ1) is 9.90. The van der Waals surface area contributed by atoms with Crippen molar-refractivity contribution in [2.45, 2.75) is 24.9 Å². The van der Waals surface area contributed by atoms with Crippen molar-refractivity contribution in [3.05, 3.63) is 42.2 Å². The molecule has 1 unspecified atom stereocenters. The minimum Gasteiger partial charge on any atom is -0.467 e. The van der Waals surface area contributed by atoms with E-state index >= 15 is 0 Å². The molecule has 0 spiro atoms. The van der Waals surface area contributed by atoms with E-state index in [9.17, 15) is 0 Å². The van der Waals surface area contributed by atoms with E-state index < -0.39 is 0 Å². The Labute approximate surface area is 117 Å². The van der Waals surface area contributed by atoms with Gasteiger partial charge < -0.3 is 14.1 Å². The van der Waals surface area contributed by atoms with Crippen LogP contribution in [0.3, 0.4) is 0 Å². The molecule has 3 heterocycles. The van der Waals surface area contributed by atoms with Crippen LogP contribution in [0.4, 0.5) is 5.82 Å². The molecule has 0 amide bonds. The van der Waals surface area contributed by atoms with E-state index in [4.69, 9.17) is 14.1 Å². The van der Waals surface area contributed by atoms with Crippen molar-refractivity contribution in [1.29, 1.82) is 0 Å². The Hall–Kier alpha value is -1.88. The topological polar surface area (TPSA) is 51.4 Å². The summed E-state index contributed by atoms with van der Waals surface area (Å²) < 4.78 is 11.2. The molecule has 20 heavy (non-hydrogen) atoms. The summed E-state index contributed by atoms with van der Waals surface area (Å²) in [5, 5.41) is 0. The molecule has 1 aliphatic carbocycles. The molecular formula is C15H17N3O2. The fraction of sp³-hybridized carbons (Fsp3) is 0.467. The number of rotatable bonds is 3. The number of ether oxygens (including phenoxy) is 1. The summed E-state index contributed by atoms with van der Waals surface area (Å²) in [6, 6.07) is 5.84. The van der Waals surface area contributed by atoms with Crippen LogP contribution in [0, 0.1) is 0 Å². The van der Waals surface area contributed by atoms with Gasteiger partial charge in [-0.1, -0.05) is 0 Å². The minimum absolute atomic E-state index is 0.0157. The number of hydrogen-bond donors (Lipinski definition) is 0. The first kappa shape index (κ1) is 11.9. The average Bonchev–Trinajstić information content (AvgIpc) is 3.22. The molecule has 0 aromatic carbocycles. The van der Waals surface area contributed by atoms with Gasteiger partial charge in [0.25, 0.3) is 0 Å². The lowest BCUT2D eigenvalue weighted by Crippen LogP contribution is -2.38. The summed E-state index contributed by atoms with van der Waals surface area (Å²) in [4.78, 5) is 11.3. The highest BCUT2D eigenvalue weighted by Gasteiger charge is 2.28. The standard InChI is InChI=1S/C15H17N3O2/c1-2-12(19-8-1)13-10-18(7-9-20-13)14-5-6-16-15(17-14)11-3-4-11/h1-2,5-6,8,11,13H,3-4,7,9-10H2. The monoisotopic (exact) mass is 271 g/mol. The van der Waals surface area contributed by atoms with Gasteiger partial charge in [0.2, 0.25) is 0 Å². The van der Waals surface area contributed by atoms with Crippen molar-refractivity contribution in [3.63, 3.8) is 0 Å². The van der Waals surface area contributed by atoms with E-state index in [1.165, 1.54) is 12.8 Å². The highest BCUT2D eigenvalue weighted by atomic mass is 16.5. The van der Waals surface area contributed by atoms with Gasteiger partial charge in [0, 0.05) is 18.7 Å². The lowest BCUT2D eigenvalue weighted by Gasteiger charge is -2.32. The first-order valence-corrected chi connectivity index (χ1v) is 7.13. The maximum Gasteiger partial charge on any atom is 0.134 e. The van der Waals surface area contributed by atoms with Crippen molar-refractivity contribution < 1.29 is 9.15 Å². The second kappa shape index (κ2) is 4.90. The average molecular weight is 271 g/mol. The third-order valence-electron chi connectivity index (χ3n) is 3.85. The van der Waals surface area contributed by atoms with E-state index in [-0.39, 0.29) is 6.10 Å². The Morgan fingerprint density at radius 2 is 2.20 bits per heavy atom. The Bertz CT molecular complexity index is 581. The van der Waals surface area contributed by atoms with Crippen LogP contribution in [-0.4, -0.2) is 29.7 Å². The van der Waals surface area contributed by atoms with Crippen LogP contribution in [-0.2, 0) is 4.74 Å². The summed E-state index contributed by atoms with van der Waals surface area (Å²) in [6.07, 6.45) is 5.99. The van der Waals surface area contributed by atoms with Gasteiger partial charge in [0.15, 0.2) is 0 Å². The Kier molecular flexibility index (Phi) is 2.92. The molecule has 2 aromatic rings. The maximum absolute atomic E-state index is 5.79. The Morgan fingerprint density at radius 1 is 1.25 bits per heavy atom. The number of hydrogen-bond acceptors (Lipinski definition) is 5. The van der Waals surface area contributed by atoms with Crippen molar-refractivity contribution in [3.8, 4) is 0 Å². The number of anilines is 1. The maximum atomic E-state index is 5.79. The highest BCUT2D eigenvalue weighted by molar-refractivity contribution is 5.39. The molecular weight excluding hydrogens is 254 g/mol. The van der Waals surface area contributed by atoms with Gasteiger partial charge in [-0.3, -0.25) is 0 Å². The predicted octanol–water partition coefficient (Wildman–Crippen LogP) is 2.52. The molecule has 2 aliphatic rings. The number of nitrogens with zero attached hydrogens (tertiary/aromatic N) is 3. The van der Waals surface area contributed by atoms with Gasteiger partial charge in [0.05, 0.1) is 19.4 Å². The minimum atomic E-state index is -0.0157.